The van der Waals surface area contributed by atoms with E-state index in [-0.39, 0.29) is 6.61 Å². The zero-order chi connectivity index (χ0) is 9.42. The van der Waals surface area contributed by atoms with Crippen molar-refractivity contribution in [1.29, 1.82) is 0 Å². The van der Waals surface area contributed by atoms with E-state index >= 15 is 0 Å². The molecule has 13 heavy (non-hydrogen) atoms. The number of carbonyl (C=O) groups excluding carboxylic acids is 2. The second kappa shape index (κ2) is 2.69. The summed E-state index contributed by atoms with van der Waals surface area (Å²) < 4.78 is 5.09. The standard InChI is InChI=1S/C10H8O3/c1-6-2-3-9-7(4-6)10(12)8(11)5-13-9/h2-4H,5H2,1H3. The van der Waals surface area contributed by atoms with E-state index in [4.69, 9.17) is 4.74 Å². The molecule has 1 aromatic rings. The number of fused-ring (bicyclic) bond motifs is 1. The number of carbonyl (C=O) groups is 2. The van der Waals surface area contributed by atoms with Crippen LogP contribution in [0.3, 0.4) is 0 Å². The first-order valence-corrected chi connectivity index (χ1v) is 3.99. The molecule has 0 amide bonds. The van der Waals surface area contributed by atoms with Gasteiger partial charge in [0.1, 0.15) is 5.75 Å². The Bertz CT molecular complexity index is 393. The average molecular weight is 176 g/mol. The van der Waals surface area contributed by atoms with Gasteiger partial charge in [-0.25, -0.2) is 0 Å². The summed E-state index contributed by atoms with van der Waals surface area (Å²) in [6.45, 7) is 1.74. The van der Waals surface area contributed by atoms with Crippen molar-refractivity contribution in [2.45, 2.75) is 6.92 Å². The molecule has 0 spiro atoms. The van der Waals surface area contributed by atoms with Crippen molar-refractivity contribution < 1.29 is 14.3 Å². The van der Waals surface area contributed by atoms with Crippen molar-refractivity contribution in [2.75, 3.05) is 6.61 Å². The second-order valence-electron chi connectivity index (χ2n) is 3.04. The molecule has 0 aliphatic carbocycles. The average Bonchev–Trinajstić information content (AvgIpc) is 2.12. The first-order chi connectivity index (χ1) is 6.18. The predicted molar refractivity (Wildman–Crippen MR) is 46.0 cm³/mol. The molecular weight excluding hydrogens is 168 g/mol. The Morgan fingerprint density at radius 3 is 2.85 bits per heavy atom. The zero-order valence-electron chi connectivity index (χ0n) is 7.16. The first kappa shape index (κ1) is 7.98. The number of rotatable bonds is 0. The zero-order valence-corrected chi connectivity index (χ0v) is 7.16. The van der Waals surface area contributed by atoms with Crippen molar-refractivity contribution in [1.82, 2.24) is 0 Å². The van der Waals surface area contributed by atoms with Crippen molar-refractivity contribution in [3.8, 4) is 5.75 Å². The Morgan fingerprint density at radius 2 is 2.08 bits per heavy atom. The van der Waals surface area contributed by atoms with Gasteiger partial charge in [0.05, 0.1) is 5.56 Å². The van der Waals surface area contributed by atoms with Crippen LogP contribution in [0.15, 0.2) is 18.2 Å². The molecule has 1 aliphatic heterocycles. The minimum Gasteiger partial charge on any atom is -0.485 e. The van der Waals surface area contributed by atoms with Crippen LogP contribution in [-0.2, 0) is 4.79 Å². The first-order valence-electron chi connectivity index (χ1n) is 3.99. The monoisotopic (exact) mass is 176 g/mol. The number of hydrogen-bond acceptors (Lipinski definition) is 3. The molecule has 1 aromatic carbocycles. The minimum atomic E-state index is -0.474. The Labute approximate surface area is 75.3 Å². The maximum Gasteiger partial charge on any atom is 0.240 e. The van der Waals surface area contributed by atoms with Crippen molar-refractivity contribution in [2.24, 2.45) is 0 Å². The minimum absolute atomic E-state index is 0.130. The molecule has 0 radical (unpaired) electrons. The molecule has 0 atom stereocenters. The molecule has 0 saturated carbocycles. The van der Waals surface area contributed by atoms with Crippen LogP contribution in [0.25, 0.3) is 0 Å². The Kier molecular flexibility index (Phi) is 1.65. The molecule has 0 bridgehead atoms. The molecule has 2 rings (SSSR count). The molecule has 3 nitrogen and oxygen atoms in total. The number of ether oxygens (including phenoxy) is 1. The van der Waals surface area contributed by atoms with Gasteiger partial charge >= 0.3 is 0 Å². The summed E-state index contributed by atoms with van der Waals surface area (Å²) in [5, 5.41) is 0. The third-order valence-corrected chi connectivity index (χ3v) is 1.99. The summed E-state index contributed by atoms with van der Waals surface area (Å²) >= 11 is 0. The molecule has 1 aliphatic rings. The van der Waals surface area contributed by atoms with Crippen LogP contribution >= 0.6 is 0 Å². The van der Waals surface area contributed by atoms with E-state index < -0.39 is 11.6 Å². The summed E-state index contributed by atoms with van der Waals surface area (Å²) in [5.74, 6) is -0.404. The fourth-order valence-electron chi connectivity index (χ4n) is 1.31. The smallest absolute Gasteiger partial charge is 0.240 e. The van der Waals surface area contributed by atoms with Crippen LogP contribution in [0.1, 0.15) is 15.9 Å². The summed E-state index contributed by atoms with van der Waals surface area (Å²) in [7, 11) is 0. The van der Waals surface area contributed by atoms with Crippen molar-refractivity contribution in [3.63, 3.8) is 0 Å². The molecular formula is C10H8O3. The fourth-order valence-corrected chi connectivity index (χ4v) is 1.31. The maximum atomic E-state index is 11.3. The lowest BCUT2D eigenvalue weighted by Crippen LogP contribution is -2.27. The SMILES string of the molecule is Cc1ccc2c(c1)C(=O)C(=O)CO2. The van der Waals surface area contributed by atoms with Gasteiger partial charge in [0.2, 0.25) is 11.6 Å². The largest absolute Gasteiger partial charge is 0.485 e. The van der Waals surface area contributed by atoms with Gasteiger partial charge in [0.15, 0.2) is 6.61 Å². The van der Waals surface area contributed by atoms with Gasteiger partial charge in [0, 0.05) is 0 Å². The van der Waals surface area contributed by atoms with Crippen LogP contribution in [0.2, 0.25) is 0 Å². The van der Waals surface area contributed by atoms with Gasteiger partial charge in [-0.3, -0.25) is 9.59 Å². The second-order valence-corrected chi connectivity index (χ2v) is 3.04. The summed E-state index contributed by atoms with van der Waals surface area (Å²) in [6.07, 6.45) is 0. The molecule has 1 heterocycles. The Hall–Kier alpha value is -1.64. The number of hydrogen-bond donors (Lipinski definition) is 0. The van der Waals surface area contributed by atoms with E-state index in [1.165, 1.54) is 0 Å². The molecule has 0 aromatic heterocycles. The molecule has 3 heteroatoms. The van der Waals surface area contributed by atoms with Crippen LogP contribution in [0, 0.1) is 6.92 Å². The fraction of sp³-hybridized carbons (Fsp3) is 0.200. The quantitative estimate of drug-likeness (QED) is 0.557. The van der Waals surface area contributed by atoms with E-state index in [0.29, 0.717) is 11.3 Å². The van der Waals surface area contributed by atoms with Gasteiger partial charge in [-0.05, 0) is 19.1 Å². The third-order valence-electron chi connectivity index (χ3n) is 1.99. The summed E-state index contributed by atoms with van der Waals surface area (Å²) in [5.41, 5.74) is 1.33. The highest BCUT2D eigenvalue weighted by atomic mass is 16.5. The van der Waals surface area contributed by atoms with Crippen LogP contribution < -0.4 is 4.74 Å². The van der Waals surface area contributed by atoms with Crippen LogP contribution in [0.5, 0.6) is 5.75 Å². The summed E-state index contributed by atoms with van der Waals surface area (Å²) in [4.78, 5) is 22.3. The highest BCUT2D eigenvalue weighted by Crippen LogP contribution is 2.23. The van der Waals surface area contributed by atoms with E-state index in [0.717, 1.165) is 5.56 Å². The third kappa shape index (κ3) is 1.22. The molecule has 0 fully saturated rings. The molecule has 0 unspecified atom stereocenters. The lowest BCUT2D eigenvalue weighted by molar-refractivity contribution is -0.117. The van der Waals surface area contributed by atoms with E-state index in [1.807, 2.05) is 13.0 Å². The highest BCUT2D eigenvalue weighted by Gasteiger charge is 2.25. The normalized spacial score (nSPS) is 15.2. The topological polar surface area (TPSA) is 43.4 Å². The van der Waals surface area contributed by atoms with E-state index in [2.05, 4.69) is 0 Å². The number of Topliss-reactive ketones (excluding diaryl/α,β-unsaturated/α-hetero) is 2. The highest BCUT2D eigenvalue weighted by molar-refractivity contribution is 6.45. The van der Waals surface area contributed by atoms with Crippen LogP contribution in [-0.4, -0.2) is 18.2 Å². The lowest BCUT2D eigenvalue weighted by atomic mass is 10.0. The van der Waals surface area contributed by atoms with Gasteiger partial charge in [0.25, 0.3) is 0 Å². The van der Waals surface area contributed by atoms with Crippen molar-refractivity contribution >= 4 is 11.6 Å². The van der Waals surface area contributed by atoms with Gasteiger partial charge < -0.3 is 4.74 Å². The number of aryl methyl sites for hydroxylation is 1. The molecule has 0 N–H and O–H groups in total. The Morgan fingerprint density at radius 1 is 1.31 bits per heavy atom. The van der Waals surface area contributed by atoms with E-state index in [9.17, 15) is 9.59 Å². The lowest BCUT2D eigenvalue weighted by Gasteiger charge is -2.14. The molecule has 0 saturated heterocycles. The van der Waals surface area contributed by atoms with Crippen molar-refractivity contribution in [3.05, 3.63) is 29.3 Å². The molecule has 66 valence electrons. The Balaban J connectivity index is 2.58. The van der Waals surface area contributed by atoms with Crippen LogP contribution in [0.4, 0.5) is 0 Å². The van der Waals surface area contributed by atoms with Gasteiger partial charge in [-0.15, -0.1) is 0 Å². The van der Waals surface area contributed by atoms with E-state index in [1.54, 1.807) is 12.1 Å². The summed E-state index contributed by atoms with van der Waals surface area (Å²) in [6, 6.07) is 5.24. The predicted octanol–water partition coefficient (Wildman–Crippen LogP) is 1.14. The van der Waals surface area contributed by atoms with Gasteiger partial charge in [-0.2, -0.15) is 0 Å². The maximum absolute atomic E-state index is 11.3. The number of ketones is 2. The van der Waals surface area contributed by atoms with Gasteiger partial charge in [-0.1, -0.05) is 11.6 Å². The number of benzene rings is 1.